The summed E-state index contributed by atoms with van der Waals surface area (Å²) in [5.74, 6) is 0.242. The Hall–Kier alpha value is -1.39. The Kier molecular flexibility index (Phi) is 5.15. The van der Waals surface area contributed by atoms with Gasteiger partial charge in [0.1, 0.15) is 13.1 Å². The van der Waals surface area contributed by atoms with Crippen molar-refractivity contribution in [1.29, 1.82) is 0 Å². The second-order valence-corrected chi connectivity index (χ2v) is 5.99. The molecule has 1 heterocycles. The Balaban J connectivity index is 1.99. The first-order chi connectivity index (χ1) is 9.59. The minimum Gasteiger partial charge on any atom is -0.335 e. The van der Waals surface area contributed by atoms with E-state index in [0.29, 0.717) is 0 Å². The molecule has 0 fully saturated rings. The molecule has 1 aromatic rings. The fraction of sp³-hybridized carbons (Fsp3) is 0.562. The molecule has 1 amide bonds. The highest BCUT2D eigenvalue weighted by atomic mass is 16.2. The summed E-state index contributed by atoms with van der Waals surface area (Å²) in [6, 6.07) is 8.29. The number of carbonyl (C=O) groups is 1. The topological polar surface area (TPSA) is 41.4 Å². The van der Waals surface area contributed by atoms with E-state index in [-0.39, 0.29) is 11.9 Å². The van der Waals surface area contributed by atoms with Gasteiger partial charge in [0.2, 0.25) is 0 Å². The molecule has 0 spiro atoms. The Morgan fingerprint density at radius 1 is 1.40 bits per heavy atom. The third kappa shape index (κ3) is 3.58. The fourth-order valence-electron chi connectivity index (χ4n) is 2.73. The van der Waals surface area contributed by atoms with Crippen molar-refractivity contribution in [3.8, 4) is 0 Å². The van der Waals surface area contributed by atoms with Crippen molar-refractivity contribution in [2.75, 3.05) is 38.6 Å². The predicted octanol–water partition coefficient (Wildman–Crippen LogP) is -0.938. The Morgan fingerprint density at radius 2 is 2.15 bits per heavy atom. The highest BCUT2D eigenvalue weighted by Gasteiger charge is 2.27. The first kappa shape index (κ1) is 15.0. The number of benzene rings is 1. The lowest BCUT2D eigenvalue weighted by Crippen LogP contribution is -3.10. The van der Waals surface area contributed by atoms with Gasteiger partial charge in [-0.25, -0.2) is 0 Å². The summed E-state index contributed by atoms with van der Waals surface area (Å²) in [4.78, 5) is 16.0. The van der Waals surface area contributed by atoms with Crippen LogP contribution in [0.15, 0.2) is 24.3 Å². The van der Waals surface area contributed by atoms with Gasteiger partial charge in [0, 0.05) is 12.2 Å². The molecule has 0 bridgehead atoms. The van der Waals surface area contributed by atoms with E-state index in [9.17, 15) is 4.79 Å². The van der Waals surface area contributed by atoms with E-state index in [1.807, 2.05) is 17.9 Å². The quantitative estimate of drug-likeness (QED) is 0.717. The van der Waals surface area contributed by atoms with Crippen LogP contribution in [0.1, 0.15) is 18.9 Å². The number of carbonyl (C=O) groups excluding carboxylic acids is 1. The van der Waals surface area contributed by atoms with Crippen LogP contribution in [0.25, 0.3) is 0 Å². The summed E-state index contributed by atoms with van der Waals surface area (Å²) in [5, 5.41) is 2.16. The third-order valence-electron chi connectivity index (χ3n) is 3.93. The molecule has 1 atom stereocenters. The summed E-state index contributed by atoms with van der Waals surface area (Å²) in [7, 11) is 4.28. The minimum atomic E-state index is 0.000469. The van der Waals surface area contributed by atoms with Gasteiger partial charge in [-0.1, -0.05) is 18.2 Å². The van der Waals surface area contributed by atoms with Gasteiger partial charge in [-0.05, 0) is 31.4 Å². The van der Waals surface area contributed by atoms with E-state index in [2.05, 4.69) is 37.6 Å². The van der Waals surface area contributed by atoms with Crippen LogP contribution >= 0.6 is 0 Å². The van der Waals surface area contributed by atoms with E-state index in [1.165, 1.54) is 10.5 Å². The van der Waals surface area contributed by atoms with Crippen LogP contribution < -0.4 is 15.1 Å². The molecule has 20 heavy (non-hydrogen) atoms. The minimum absolute atomic E-state index is 0.000469. The number of amides is 1. The largest absolute Gasteiger partial charge is 0.335 e. The number of para-hydroxylation sites is 1. The molecule has 110 valence electrons. The van der Waals surface area contributed by atoms with Crippen LogP contribution in [0, 0.1) is 0 Å². The first-order valence-corrected chi connectivity index (χ1v) is 7.61. The van der Waals surface area contributed by atoms with Crippen LogP contribution in [-0.2, 0) is 11.2 Å². The summed E-state index contributed by atoms with van der Waals surface area (Å²) in [6.45, 7) is 4.94. The summed E-state index contributed by atoms with van der Waals surface area (Å²) >= 11 is 0. The average Bonchev–Trinajstić information content (AvgIpc) is 2.45. The van der Waals surface area contributed by atoms with Gasteiger partial charge in [0.25, 0.3) is 5.91 Å². The maximum atomic E-state index is 12.6. The third-order valence-corrected chi connectivity index (χ3v) is 3.93. The second-order valence-electron chi connectivity index (χ2n) is 5.99. The molecule has 4 nitrogen and oxygen atoms in total. The second kappa shape index (κ2) is 6.86. The van der Waals surface area contributed by atoms with Gasteiger partial charge < -0.3 is 15.1 Å². The molecular weight excluding hydrogens is 250 g/mol. The molecular formula is C16H27N3O+2. The number of quaternary nitrogens is 2. The molecule has 0 aromatic heterocycles. The molecule has 2 rings (SSSR count). The number of fused-ring (bicyclic) bond motifs is 1. The summed E-state index contributed by atoms with van der Waals surface area (Å²) in [5.41, 5.74) is 2.42. The Labute approximate surface area is 121 Å². The number of rotatable bonds is 5. The molecule has 0 radical (unpaired) electrons. The maximum Gasteiger partial charge on any atom is 0.284 e. The smallest absolute Gasteiger partial charge is 0.284 e. The lowest BCUT2D eigenvalue weighted by molar-refractivity contribution is -0.875. The average molecular weight is 277 g/mol. The molecule has 4 heteroatoms. The van der Waals surface area contributed by atoms with Crippen molar-refractivity contribution in [1.82, 2.24) is 0 Å². The molecule has 0 saturated heterocycles. The van der Waals surface area contributed by atoms with E-state index in [1.54, 1.807) is 0 Å². The van der Waals surface area contributed by atoms with Crippen molar-refractivity contribution >= 4 is 11.6 Å². The van der Waals surface area contributed by atoms with Crippen LogP contribution in [-0.4, -0.2) is 45.7 Å². The van der Waals surface area contributed by atoms with Gasteiger partial charge >= 0.3 is 0 Å². The zero-order valence-electron chi connectivity index (χ0n) is 12.9. The monoisotopic (exact) mass is 277 g/mol. The van der Waals surface area contributed by atoms with Crippen LogP contribution in [0.5, 0.6) is 0 Å². The molecule has 0 unspecified atom stereocenters. The number of hydrogen-bond donors (Lipinski definition) is 2. The normalized spacial score (nSPS) is 16.1. The number of likely N-dealkylation sites (N-methyl/N-ethyl adjacent to an activating group) is 1. The summed E-state index contributed by atoms with van der Waals surface area (Å²) in [6.07, 6.45) is 2.15. The number of nitrogens with two attached hydrogens (primary N) is 1. The van der Waals surface area contributed by atoms with Crippen molar-refractivity contribution in [3.05, 3.63) is 29.8 Å². The SMILES string of the molecule is C[C@@H]([NH2+]CC[NH+](C)C)C(=O)N1CCCc2ccccc21. The summed E-state index contributed by atoms with van der Waals surface area (Å²) < 4.78 is 0. The van der Waals surface area contributed by atoms with Crippen molar-refractivity contribution in [2.45, 2.75) is 25.8 Å². The van der Waals surface area contributed by atoms with Gasteiger partial charge in [-0.3, -0.25) is 4.79 Å². The van der Waals surface area contributed by atoms with E-state index in [4.69, 9.17) is 0 Å². The van der Waals surface area contributed by atoms with Crippen molar-refractivity contribution in [2.24, 2.45) is 0 Å². The lowest BCUT2D eigenvalue weighted by Gasteiger charge is -2.30. The first-order valence-electron chi connectivity index (χ1n) is 7.61. The van der Waals surface area contributed by atoms with E-state index in [0.717, 1.165) is 38.2 Å². The lowest BCUT2D eigenvalue weighted by atomic mass is 10.0. The van der Waals surface area contributed by atoms with E-state index >= 15 is 0 Å². The van der Waals surface area contributed by atoms with Gasteiger partial charge in [-0.2, -0.15) is 0 Å². The molecule has 3 N–H and O–H groups in total. The highest BCUT2D eigenvalue weighted by Crippen LogP contribution is 2.26. The molecule has 1 aliphatic heterocycles. The molecule has 0 saturated carbocycles. The highest BCUT2D eigenvalue weighted by molar-refractivity contribution is 5.97. The van der Waals surface area contributed by atoms with Crippen molar-refractivity contribution in [3.63, 3.8) is 0 Å². The van der Waals surface area contributed by atoms with Crippen molar-refractivity contribution < 1.29 is 15.0 Å². The fourth-order valence-corrected chi connectivity index (χ4v) is 2.73. The molecule has 0 aliphatic carbocycles. The zero-order valence-corrected chi connectivity index (χ0v) is 12.9. The number of aryl methyl sites for hydroxylation is 1. The van der Waals surface area contributed by atoms with Gasteiger partial charge in [-0.15, -0.1) is 0 Å². The predicted molar refractivity (Wildman–Crippen MR) is 81.0 cm³/mol. The zero-order chi connectivity index (χ0) is 14.5. The van der Waals surface area contributed by atoms with Crippen LogP contribution in [0.2, 0.25) is 0 Å². The van der Waals surface area contributed by atoms with Crippen LogP contribution in [0.3, 0.4) is 0 Å². The van der Waals surface area contributed by atoms with Crippen LogP contribution in [0.4, 0.5) is 5.69 Å². The Morgan fingerprint density at radius 3 is 2.90 bits per heavy atom. The number of nitrogens with one attached hydrogen (secondary N) is 1. The van der Waals surface area contributed by atoms with E-state index < -0.39 is 0 Å². The standard InChI is InChI=1S/C16H25N3O/c1-13(17-10-12-18(2)3)16(20)19-11-6-8-14-7-4-5-9-15(14)19/h4-5,7,9,13,17H,6,8,10-12H2,1-3H3/p+2/t13-/m1/s1. The maximum absolute atomic E-state index is 12.6. The number of nitrogens with zero attached hydrogens (tertiary/aromatic N) is 1. The Bertz CT molecular complexity index is 459. The number of anilines is 1. The molecule has 1 aromatic carbocycles. The molecule has 1 aliphatic rings. The van der Waals surface area contributed by atoms with Gasteiger partial charge in [0.15, 0.2) is 6.04 Å². The van der Waals surface area contributed by atoms with Gasteiger partial charge in [0.05, 0.1) is 14.1 Å². The number of hydrogen-bond acceptors (Lipinski definition) is 1.